The molecule has 0 spiro atoms. The second-order valence-corrected chi connectivity index (χ2v) is 6.99. The third kappa shape index (κ3) is 6.30. The summed E-state index contributed by atoms with van der Waals surface area (Å²) in [6, 6.07) is 5.76. The number of halogens is 1. The van der Waals surface area contributed by atoms with Crippen LogP contribution in [0.25, 0.3) is 17.0 Å². The van der Waals surface area contributed by atoms with Crippen molar-refractivity contribution < 1.29 is 9.53 Å². The molecule has 2 aromatic rings. The molecule has 1 heterocycles. The molecule has 1 aromatic heterocycles. The summed E-state index contributed by atoms with van der Waals surface area (Å²) in [6.45, 7) is 0.956. The van der Waals surface area contributed by atoms with Gasteiger partial charge in [-0.3, -0.25) is 4.99 Å². The Morgan fingerprint density at radius 1 is 1.44 bits per heavy atom. The number of nitrogens with one attached hydrogen (secondary N) is 2. The van der Waals surface area contributed by atoms with E-state index < -0.39 is 5.97 Å². The number of nitrogens with zero attached hydrogens (tertiary/aromatic N) is 1. The van der Waals surface area contributed by atoms with Crippen LogP contribution in [0, 0.1) is 0 Å². The summed E-state index contributed by atoms with van der Waals surface area (Å²) in [7, 11) is 1.35. The van der Waals surface area contributed by atoms with Gasteiger partial charge in [0.1, 0.15) is 5.70 Å². The van der Waals surface area contributed by atoms with E-state index in [2.05, 4.69) is 31.2 Å². The van der Waals surface area contributed by atoms with Crippen LogP contribution in [0.4, 0.5) is 0 Å². The van der Waals surface area contributed by atoms with E-state index in [0.29, 0.717) is 18.8 Å². The summed E-state index contributed by atoms with van der Waals surface area (Å²) in [4.78, 5) is 19.2. The molecule has 27 heavy (non-hydrogen) atoms. The molecule has 8 nitrogen and oxygen atoms in total. The SMILES string of the molecule is COC(=O)C(=Cc1c[nH]c2cc(Br)ccc12)NCC(N)CCCN=C(N)N. The molecule has 0 fully saturated rings. The van der Waals surface area contributed by atoms with E-state index in [1.54, 1.807) is 6.08 Å². The molecular weight excluding hydrogens is 412 g/mol. The Bertz CT molecular complexity index is 841. The van der Waals surface area contributed by atoms with Crippen LogP contribution in [-0.2, 0) is 9.53 Å². The lowest BCUT2D eigenvalue weighted by molar-refractivity contribution is -0.136. The Hall–Kier alpha value is -2.52. The number of benzene rings is 1. The molecule has 0 saturated carbocycles. The first-order chi connectivity index (χ1) is 12.9. The maximum atomic E-state index is 12.1. The number of ether oxygens (including phenoxy) is 1. The van der Waals surface area contributed by atoms with Gasteiger partial charge in [-0.2, -0.15) is 0 Å². The molecule has 0 bridgehead atoms. The number of rotatable bonds is 9. The van der Waals surface area contributed by atoms with Gasteiger partial charge in [0, 0.05) is 46.3 Å². The summed E-state index contributed by atoms with van der Waals surface area (Å²) in [5, 5.41) is 4.09. The number of hydrogen-bond acceptors (Lipinski definition) is 5. The molecule has 1 unspecified atom stereocenters. The van der Waals surface area contributed by atoms with E-state index in [9.17, 15) is 4.79 Å². The van der Waals surface area contributed by atoms with Crippen LogP contribution in [0.3, 0.4) is 0 Å². The van der Waals surface area contributed by atoms with Gasteiger partial charge in [0.05, 0.1) is 7.11 Å². The molecule has 0 amide bonds. The minimum Gasteiger partial charge on any atom is -0.464 e. The molecule has 0 saturated heterocycles. The fourth-order valence-electron chi connectivity index (χ4n) is 2.59. The summed E-state index contributed by atoms with van der Waals surface area (Å²) in [5.41, 5.74) is 18.9. The molecule has 8 N–H and O–H groups in total. The number of esters is 1. The number of aromatic nitrogens is 1. The zero-order valence-electron chi connectivity index (χ0n) is 15.2. The number of hydrogen-bond donors (Lipinski definition) is 5. The van der Waals surface area contributed by atoms with Crippen molar-refractivity contribution in [3.05, 3.63) is 40.1 Å². The average Bonchev–Trinajstić information content (AvgIpc) is 3.03. The number of aromatic amines is 1. The minimum absolute atomic E-state index is 0.0726. The molecule has 0 radical (unpaired) electrons. The van der Waals surface area contributed by atoms with Crippen LogP contribution < -0.4 is 22.5 Å². The van der Waals surface area contributed by atoms with Gasteiger partial charge in [-0.15, -0.1) is 0 Å². The Morgan fingerprint density at radius 3 is 2.93 bits per heavy atom. The van der Waals surface area contributed by atoms with E-state index in [-0.39, 0.29) is 12.0 Å². The Morgan fingerprint density at radius 2 is 2.22 bits per heavy atom. The zero-order valence-corrected chi connectivity index (χ0v) is 16.8. The quantitative estimate of drug-likeness (QED) is 0.132. The Kier molecular flexibility index (Phi) is 7.68. The largest absolute Gasteiger partial charge is 0.464 e. The fraction of sp³-hybridized carbons (Fsp3) is 0.333. The Balaban J connectivity index is 2.05. The summed E-state index contributed by atoms with van der Waals surface area (Å²) in [6.07, 6.45) is 5.08. The highest BCUT2D eigenvalue weighted by atomic mass is 79.9. The van der Waals surface area contributed by atoms with Crippen molar-refractivity contribution in [2.24, 2.45) is 22.2 Å². The van der Waals surface area contributed by atoms with Gasteiger partial charge >= 0.3 is 5.97 Å². The first-order valence-corrected chi connectivity index (χ1v) is 9.31. The van der Waals surface area contributed by atoms with Gasteiger partial charge < -0.3 is 32.2 Å². The fourth-order valence-corrected chi connectivity index (χ4v) is 2.95. The van der Waals surface area contributed by atoms with E-state index in [4.69, 9.17) is 21.9 Å². The van der Waals surface area contributed by atoms with Crippen LogP contribution in [0.2, 0.25) is 0 Å². The number of carbonyl (C=O) groups excluding carboxylic acids is 1. The molecule has 0 aliphatic rings. The Labute approximate surface area is 166 Å². The second-order valence-electron chi connectivity index (χ2n) is 6.07. The molecule has 1 aromatic carbocycles. The highest BCUT2D eigenvalue weighted by Gasteiger charge is 2.13. The topological polar surface area (TPSA) is 145 Å². The first kappa shape index (κ1) is 20.8. The first-order valence-electron chi connectivity index (χ1n) is 8.52. The van der Waals surface area contributed by atoms with Crippen LogP contribution in [-0.4, -0.2) is 43.2 Å². The average molecular weight is 437 g/mol. The standard InChI is InChI=1S/C18H25BrN6O2/c1-27-17(26)16(25-10-13(20)3-2-6-23-18(21)22)7-11-9-24-15-8-12(19)4-5-14(11)15/h4-5,7-9,13,24-25H,2-3,6,10,20H2,1H3,(H4,21,22,23). The molecule has 2 rings (SSSR count). The van der Waals surface area contributed by atoms with Gasteiger partial charge in [0.25, 0.3) is 0 Å². The third-order valence-electron chi connectivity index (χ3n) is 3.96. The highest BCUT2D eigenvalue weighted by Crippen LogP contribution is 2.24. The summed E-state index contributed by atoms with van der Waals surface area (Å²) < 4.78 is 5.85. The van der Waals surface area contributed by atoms with E-state index in [0.717, 1.165) is 33.8 Å². The predicted octanol–water partition coefficient (Wildman–Crippen LogP) is 1.41. The summed E-state index contributed by atoms with van der Waals surface area (Å²) in [5.74, 6) is -0.377. The van der Waals surface area contributed by atoms with Gasteiger partial charge in [0.15, 0.2) is 5.96 Å². The van der Waals surface area contributed by atoms with Gasteiger partial charge in [-0.05, 0) is 31.1 Å². The van der Waals surface area contributed by atoms with Crippen molar-refractivity contribution in [3.63, 3.8) is 0 Å². The van der Waals surface area contributed by atoms with Crippen molar-refractivity contribution >= 4 is 44.8 Å². The maximum Gasteiger partial charge on any atom is 0.354 e. The summed E-state index contributed by atoms with van der Waals surface area (Å²) >= 11 is 3.44. The third-order valence-corrected chi connectivity index (χ3v) is 4.46. The van der Waals surface area contributed by atoms with Crippen molar-refractivity contribution in [2.45, 2.75) is 18.9 Å². The second kappa shape index (κ2) is 9.98. The molecule has 1 atom stereocenters. The number of fused-ring (bicyclic) bond motifs is 1. The monoisotopic (exact) mass is 436 g/mol. The van der Waals surface area contributed by atoms with Crippen LogP contribution in [0.1, 0.15) is 18.4 Å². The smallest absolute Gasteiger partial charge is 0.354 e. The molecule has 146 valence electrons. The van der Waals surface area contributed by atoms with Gasteiger partial charge in [-0.1, -0.05) is 22.0 Å². The normalized spacial score (nSPS) is 12.6. The number of H-pyrrole nitrogens is 1. The van der Waals surface area contributed by atoms with Gasteiger partial charge in [-0.25, -0.2) is 4.79 Å². The maximum absolute atomic E-state index is 12.1. The van der Waals surface area contributed by atoms with Crippen molar-refractivity contribution in [1.82, 2.24) is 10.3 Å². The van der Waals surface area contributed by atoms with Crippen molar-refractivity contribution in [2.75, 3.05) is 20.2 Å². The van der Waals surface area contributed by atoms with E-state index in [1.165, 1.54) is 7.11 Å². The van der Waals surface area contributed by atoms with Gasteiger partial charge in [0.2, 0.25) is 0 Å². The lowest BCUT2D eigenvalue weighted by Crippen LogP contribution is -2.35. The van der Waals surface area contributed by atoms with E-state index >= 15 is 0 Å². The number of methoxy groups -OCH3 is 1. The van der Waals surface area contributed by atoms with Crippen molar-refractivity contribution in [1.29, 1.82) is 0 Å². The lowest BCUT2D eigenvalue weighted by atomic mass is 10.1. The minimum atomic E-state index is -0.450. The number of aliphatic imine (C=N–C) groups is 1. The molecule has 0 aliphatic heterocycles. The molecule has 9 heteroatoms. The number of carbonyl (C=O) groups is 1. The molecule has 0 aliphatic carbocycles. The molecular formula is C18H25BrN6O2. The zero-order chi connectivity index (χ0) is 19.8. The van der Waals surface area contributed by atoms with E-state index in [1.807, 2.05) is 24.4 Å². The van der Waals surface area contributed by atoms with Crippen molar-refractivity contribution in [3.8, 4) is 0 Å². The highest BCUT2D eigenvalue weighted by molar-refractivity contribution is 9.10. The lowest BCUT2D eigenvalue weighted by Gasteiger charge is -2.14. The number of guanidine groups is 1. The van der Waals surface area contributed by atoms with Crippen LogP contribution in [0.15, 0.2) is 39.6 Å². The van der Waals surface area contributed by atoms with Crippen LogP contribution in [0.5, 0.6) is 0 Å². The number of nitrogens with two attached hydrogens (primary N) is 3. The predicted molar refractivity (Wildman–Crippen MR) is 112 cm³/mol. The van der Waals surface area contributed by atoms with Crippen LogP contribution >= 0.6 is 15.9 Å².